The zero-order valence-electron chi connectivity index (χ0n) is 14.6. The monoisotopic (exact) mass is 336 g/mol. The molecule has 1 fully saturated rings. The summed E-state index contributed by atoms with van der Waals surface area (Å²) in [5.41, 5.74) is -1.02. The highest BCUT2D eigenvalue weighted by molar-refractivity contribution is 5.92. The van der Waals surface area contributed by atoms with Gasteiger partial charge in [-0.15, -0.1) is 0 Å². The summed E-state index contributed by atoms with van der Waals surface area (Å²) >= 11 is 0. The van der Waals surface area contributed by atoms with Crippen LogP contribution in [0.15, 0.2) is 22.8 Å². The van der Waals surface area contributed by atoms with Crippen LogP contribution >= 0.6 is 0 Å². The molecular formula is C17H24N2O5. The largest absolute Gasteiger partial charge is 0.467 e. The summed E-state index contributed by atoms with van der Waals surface area (Å²) in [5, 5.41) is 0. The molecule has 0 unspecified atom stereocenters. The lowest BCUT2D eigenvalue weighted by Crippen LogP contribution is -2.54. The van der Waals surface area contributed by atoms with Gasteiger partial charge in [-0.05, 0) is 38.8 Å². The molecule has 0 aliphatic carbocycles. The number of methoxy groups -OCH3 is 1. The third-order valence-electron chi connectivity index (χ3n) is 4.72. The molecule has 0 bridgehead atoms. The minimum absolute atomic E-state index is 0.101. The standard InChI is InChI=1S/C17H24N2O5/c1-17(2,16(22)23-4)18(3)14(20)12-7-9-19(10-8-12)15(21)13-6-5-11-24-13/h5-6,11-12H,7-10H2,1-4H3. The number of likely N-dealkylation sites (tertiary alicyclic amines) is 1. The van der Waals surface area contributed by atoms with Crippen molar-refractivity contribution < 1.29 is 23.5 Å². The first-order valence-corrected chi connectivity index (χ1v) is 7.98. The fourth-order valence-electron chi connectivity index (χ4n) is 2.82. The average Bonchev–Trinajstić information content (AvgIpc) is 3.13. The first kappa shape index (κ1) is 18.0. The van der Waals surface area contributed by atoms with Crippen molar-refractivity contribution >= 4 is 17.8 Å². The van der Waals surface area contributed by atoms with Gasteiger partial charge in [-0.25, -0.2) is 4.79 Å². The smallest absolute Gasteiger partial charge is 0.331 e. The normalized spacial score (nSPS) is 15.9. The van der Waals surface area contributed by atoms with Gasteiger partial charge in [0.1, 0.15) is 5.54 Å². The van der Waals surface area contributed by atoms with E-state index in [2.05, 4.69) is 0 Å². The Morgan fingerprint density at radius 2 is 1.92 bits per heavy atom. The molecule has 132 valence electrons. The Hall–Kier alpha value is -2.31. The molecule has 2 heterocycles. The average molecular weight is 336 g/mol. The fraction of sp³-hybridized carbons (Fsp3) is 0.588. The van der Waals surface area contributed by atoms with E-state index < -0.39 is 11.5 Å². The minimum Gasteiger partial charge on any atom is -0.467 e. The number of rotatable bonds is 4. The van der Waals surface area contributed by atoms with E-state index in [1.165, 1.54) is 18.3 Å². The second-order valence-electron chi connectivity index (χ2n) is 6.49. The quantitative estimate of drug-likeness (QED) is 0.779. The van der Waals surface area contributed by atoms with Crippen molar-refractivity contribution in [1.29, 1.82) is 0 Å². The molecule has 1 saturated heterocycles. The summed E-state index contributed by atoms with van der Waals surface area (Å²) < 4.78 is 9.89. The molecule has 0 aromatic carbocycles. The molecule has 0 saturated carbocycles. The number of amides is 2. The summed E-state index contributed by atoms with van der Waals surface area (Å²) in [6, 6.07) is 3.31. The molecule has 1 aromatic heterocycles. The highest BCUT2D eigenvalue weighted by atomic mass is 16.5. The van der Waals surface area contributed by atoms with Crippen LogP contribution in [0.2, 0.25) is 0 Å². The second-order valence-corrected chi connectivity index (χ2v) is 6.49. The highest BCUT2D eigenvalue weighted by Crippen LogP contribution is 2.24. The molecule has 2 rings (SSSR count). The second kappa shape index (κ2) is 7.07. The Kier molecular flexibility index (Phi) is 5.31. The van der Waals surface area contributed by atoms with Gasteiger partial charge in [0.25, 0.3) is 5.91 Å². The predicted octanol–water partition coefficient (Wildman–Crippen LogP) is 1.54. The van der Waals surface area contributed by atoms with Crippen LogP contribution in [0.1, 0.15) is 37.2 Å². The number of likely N-dealkylation sites (N-methyl/N-ethyl adjacent to an activating group) is 1. The number of nitrogens with zero attached hydrogens (tertiary/aromatic N) is 2. The molecule has 0 radical (unpaired) electrons. The van der Waals surface area contributed by atoms with Gasteiger partial charge >= 0.3 is 5.97 Å². The van der Waals surface area contributed by atoms with Crippen molar-refractivity contribution in [3.05, 3.63) is 24.2 Å². The van der Waals surface area contributed by atoms with Crippen LogP contribution in [0.5, 0.6) is 0 Å². The molecule has 1 aliphatic rings. The van der Waals surface area contributed by atoms with Gasteiger partial charge in [0.05, 0.1) is 13.4 Å². The van der Waals surface area contributed by atoms with Crippen molar-refractivity contribution in [3.8, 4) is 0 Å². The minimum atomic E-state index is -1.02. The maximum absolute atomic E-state index is 12.7. The maximum atomic E-state index is 12.7. The van der Waals surface area contributed by atoms with E-state index >= 15 is 0 Å². The van der Waals surface area contributed by atoms with E-state index in [1.54, 1.807) is 37.9 Å². The zero-order valence-corrected chi connectivity index (χ0v) is 14.6. The van der Waals surface area contributed by atoms with Gasteiger partial charge in [0.15, 0.2) is 5.76 Å². The van der Waals surface area contributed by atoms with Crippen molar-refractivity contribution in [3.63, 3.8) is 0 Å². The number of esters is 1. The topological polar surface area (TPSA) is 80.1 Å². The maximum Gasteiger partial charge on any atom is 0.331 e. The molecule has 2 amide bonds. The molecule has 24 heavy (non-hydrogen) atoms. The molecule has 1 aliphatic heterocycles. The summed E-state index contributed by atoms with van der Waals surface area (Å²) in [6.45, 7) is 4.30. The molecule has 7 nitrogen and oxygen atoms in total. The lowest BCUT2D eigenvalue weighted by molar-refractivity contribution is -0.160. The Labute approximate surface area is 141 Å². The molecule has 0 N–H and O–H groups in total. The van der Waals surface area contributed by atoms with Gasteiger partial charge in [-0.3, -0.25) is 9.59 Å². The van der Waals surface area contributed by atoms with E-state index in [0.29, 0.717) is 31.7 Å². The van der Waals surface area contributed by atoms with Gasteiger partial charge in [0, 0.05) is 26.1 Å². The van der Waals surface area contributed by atoms with Crippen LogP contribution in [0.3, 0.4) is 0 Å². The zero-order chi connectivity index (χ0) is 17.9. The van der Waals surface area contributed by atoms with E-state index in [0.717, 1.165) is 0 Å². The third kappa shape index (κ3) is 3.44. The summed E-state index contributed by atoms with van der Waals surface area (Å²) in [7, 11) is 2.92. The van der Waals surface area contributed by atoms with Crippen LogP contribution in [-0.4, -0.2) is 60.4 Å². The number of furan rings is 1. The van der Waals surface area contributed by atoms with Gasteiger partial charge < -0.3 is 19.0 Å². The number of ether oxygens (including phenoxy) is 1. The number of carbonyl (C=O) groups excluding carboxylic acids is 3. The summed E-state index contributed by atoms with van der Waals surface area (Å²) in [4.78, 5) is 39.9. The fourth-order valence-corrected chi connectivity index (χ4v) is 2.82. The van der Waals surface area contributed by atoms with E-state index in [9.17, 15) is 14.4 Å². The number of carbonyl (C=O) groups is 3. The van der Waals surface area contributed by atoms with Crippen molar-refractivity contribution in [1.82, 2.24) is 9.80 Å². The van der Waals surface area contributed by atoms with E-state index in [-0.39, 0.29) is 17.7 Å². The lowest BCUT2D eigenvalue weighted by atomic mass is 9.92. The van der Waals surface area contributed by atoms with Crippen molar-refractivity contribution in [2.24, 2.45) is 5.92 Å². The van der Waals surface area contributed by atoms with E-state index in [1.807, 2.05) is 0 Å². The molecule has 1 aromatic rings. The predicted molar refractivity (Wildman–Crippen MR) is 86.2 cm³/mol. The Morgan fingerprint density at radius 3 is 2.42 bits per heavy atom. The van der Waals surface area contributed by atoms with Crippen LogP contribution in [0.25, 0.3) is 0 Å². The van der Waals surface area contributed by atoms with Crippen molar-refractivity contribution in [2.45, 2.75) is 32.2 Å². The van der Waals surface area contributed by atoms with Gasteiger partial charge in [-0.1, -0.05) is 0 Å². The molecular weight excluding hydrogens is 312 g/mol. The Morgan fingerprint density at radius 1 is 1.29 bits per heavy atom. The lowest BCUT2D eigenvalue weighted by Gasteiger charge is -2.38. The third-order valence-corrected chi connectivity index (χ3v) is 4.72. The Bertz CT molecular complexity index is 601. The van der Waals surface area contributed by atoms with Gasteiger partial charge in [0.2, 0.25) is 5.91 Å². The number of hydrogen-bond acceptors (Lipinski definition) is 5. The molecule has 0 spiro atoms. The molecule has 0 atom stereocenters. The first-order chi connectivity index (χ1) is 11.3. The van der Waals surface area contributed by atoms with Gasteiger partial charge in [-0.2, -0.15) is 0 Å². The summed E-state index contributed by atoms with van der Waals surface area (Å²) in [5.74, 6) is -0.614. The van der Waals surface area contributed by atoms with Crippen LogP contribution in [0.4, 0.5) is 0 Å². The number of piperidine rings is 1. The van der Waals surface area contributed by atoms with Crippen LogP contribution in [0, 0.1) is 5.92 Å². The highest BCUT2D eigenvalue weighted by Gasteiger charge is 2.39. The van der Waals surface area contributed by atoms with E-state index in [4.69, 9.17) is 9.15 Å². The summed E-state index contributed by atoms with van der Waals surface area (Å²) in [6.07, 6.45) is 2.59. The van der Waals surface area contributed by atoms with Crippen molar-refractivity contribution in [2.75, 3.05) is 27.2 Å². The Balaban J connectivity index is 1.95. The number of hydrogen-bond donors (Lipinski definition) is 0. The first-order valence-electron chi connectivity index (χ1n) is 7.98. The van der Waals surface area contributed by atoms with Crippen LogP contribution in [-0.2, 0) is 14.3 Å². The SMILES string of the molecule is COC(=O)C(C)(C)N(C)C(=O)C1CCN(C(=O)c2ccco2)CC1. The molecule has 7 heteroatoms. The van der Waals surface area contributed by atoms with Crippen LogP contribution < -0.4 is 0 Å².